The molecule has 0 spiro atoms. The van der Waals surface area contributed by atoms with Crippen LogP contribution in [0.5, 0.6) is 0 Å². The first-order valence-corrected chi connectivity index (χ1v) is 4.61. The molecule has 0 saturated heterocycles. The van der Waals surface area contributed by atoms with E-state index in [9.17, 15) is 0 Å². The van der Waals surface area contributed by atoms with Crippen molar-refractivity contribution in [1.29, 1.82) is 0 Å². The van der Waals surface area contributed by atoms with Gasteiger partial charge in [0.25, 0.3) is 0 Å². The molecule has 0 aromatic rings. The monoisotopic (exact) mass is 214 g/mol. The normalized spacial score (nSPS) is 10.1. The van der Waals surface area contributed by atoms with Gasteiger partial charge in [-0.25, -0.2) is 0 Å². The summed E-state index contributed by atoms with van der Waals surface area (Å²) >= 11 is 15.7. The predicted octanol–water partition coefficient (Wildman–Crippen LogP) is 4.17. The van der Waals surface area contributed by atoms with Crippen LogP contribution >= 0.6 is 34.8 Å². The minimum atomic E-state index is 0.531. The molecular formula is C8H13Cl3. The van der Waals surface area contributed by atoms with E-state index in [-0.39, 0.29) is 0 Å². The highest BCUT2D eigenvalue weighted by atomic mass is 35.5. The van der Waals surface area contributed by atoms with Crippen molar-refractivity contribution in [2.75, 3.05) is 11.8 Å². The maximum atomic E-state index is 5.30. The summed E-state index contributed by atoms with van der Waals surface area (Å²) in [6.45, 7) is 7.31. The Morgan fingerprint density at radius 1 is 1.27 bits per heavy atom. The molecule has 3 heteroatoms. The average Bonchev–Trinajstić information content (AvgIpc) is 2.04. The topological polar surface area (TPSA) is 0 Å². The van der Waals surface area contributed by atoms with Crippen LogP contribution in [0.15, 0.2) is 23.3 Å². The predicted molar refractivity (Wildman–Crippen MR) is 55.9 cm³/mol. The smallest absolute Gasteiger partial charge is 0.0442 e. The highest BCUT2D eigenvalue weighted by Crippen LogP contribution is 1.95. The van der Waals surface area contributed by atoms with Gasteiger partial charge in [-0.3, -0.25) is 0 Å². The van der Waals surface area contributed by atoms with Crippen LogP contribution < -0.4 is 0 Å². The van der Waals surface area contributed by atoms with E-state index < -0.39 is 0 Å². The largest absolute Gasteiger partial charge is 0.122 e. The van der Waals surface area contributed by atoms with Gasteiger partial charge in [-0.05, 0) is 19.4 Å². The Kier molecular flexibility index (Phi) is 13.1. The van der Waals surface area contributed by atoms with Gasteiger partial charge in [0.1, 0.15) is 0 Å². The molecule has 0 aliphatic carbocycles. The quantitative estimate of drug-likeness (QED) is 0.479. The molecule has 0 aromatic carbocycles. The maximum absolute atomic E-state index is 5.30. The van der Waals surface area contributed by atoms with Crippen LogP contribution in [-0.2, 0) is 0 Å². The Balaban J connectivity index is 0. The number of alkyl halides is 2. The molecule has 0 heterocycles. The third-order valence-electron chi connectivity index (χ3n) is 0.625. The van der Waals surface area contributed by atoms with E-state index in [1.807, 2.05) is 13.8 Å². The molecule has 0 radical (unpaired) electrons. The lowest BCUT2D eigenvalue weighted by atomic mass is 10.4. The number of hydrogen-bond acceptors (Lipinski definition) is 0. The zero-order valence-corrected chi connectivity index (χ0v) is 9.10. The fourth-order valence-electron chi connectivity index (χ4n) is 0.0292. The molecule has 0 aromatic heterocycles. The van der Waals surface area contributed by atoms with Crippen molar-refractivity contribution >= 4 is 34.8 Å². The Labute approximate surface area is 83.8 Å². The summed E-state index contributed by atoms with van der Waals surface area (Å²) in [5, 5.41) is 0. The summed E-state index contributed by atoms with van der Waals surface area (Å²) in [5.74, 6) is 1.11. The summed E-state index contributed by atoms with van der Waals surface area (Å²) in [5.41, 5.74) is 3.50. The lowest BCUT2D eigenvalue weighted by Gasteiger charge is -1.81. The number of rotatable bonds is 2. The number of hydrogen-bond donors (Lipinski definition) is 0. The summed E-state index contributed by atoms with van der Waals surface area (Å²) in [7, 11) is 0. The first kappa shape index (κ1) is 13.9. The van der Waals surface area contributed by atoms with Gasteiger partial charge in [0, 0.05) is 17.3 Å². The zero-order valence-electron chi connectivity index (χ0n) is 6.83. The van der Waals surface area contributed by atoms with Gasteiger partial charge in [0.2, 0.25) is 0 Å². The summed E-state index contributed by atoms with van der Waals surface area (Å²) in [6.07, 6.45) is 0. The van der Waals surface area contributed by atoms with Crippen LogP contribution in [0.25, 0.3) is 0 Å². The summed E-state index contributed by atoms with van der Waals surface area (Å²) in [6, 6.07) is 0. The molecule has 0 bridgehead atoms. The first-order chi connectivity index (χ1) is 5.08. The molecule has 0 rings (SSSR count). The lowest BCUT2D eigenvalue weighted by Crippen LogP contribution is -1.68. The molecule has 0 amide bonds. The Morgan fingerprint density at radius 2 is 1.64 bits per heavy atom. The van der Waals surface area contributed by atoms with Crippen LogP contribution in [0.4, 0.5) is 0 Å². The van der Waals surface area contributed by atoms with E-state index >= 15 is 0 Å². The average molecular weight is 216 g/mol. The standard InChI is InChI=1S/C4H6Cl2.C4H7Cl/c1-4(2-5)3-6;1-4(2)3-5/h2H,3H2,1H3;1,3H2,2H3/b4-2-;. The Bertz CT molecular complexity index is 127. The van der Waals surface area contributed by atoms with Gasteiger partial charge in [-0.2, -0.15) is 0 Å². The van der Waals surface area contributed by atoms with E-state index in [1.54, 1.807) is 0 Å². The van der Waals surface area contributed by atoms with Crippen molar-refractivity contribution in [2.45, 2.75) is 13.8 Å². The van der Waals surface area contributed by atoms with E-state index in [0.29, 0.717) is 11.8 Å². The third-order valence-corrected chi connectivity index (χ3v) is 1.88. The molecular weight excluding hydrogens is 202 g/mol. The van der Waals surface area contributed by atoms with Gasteiger partial charge < -0.3 is 0 Å². The summed E-state index contributed by atoms with van der Waals surface area (Å²) < 4.78 is 0. The molecule has 11 heavy (non-hydrogen) atoms. The van der Waals surface area contributed by atoms with Crippen molar-refractivity contribution in [3.05, 3.63) is 23.3 Å². The van der Waals surface area contributed by atoms with Crippen molar-refractivity contribution in [3.8, 4) is 0 Å². The van der Waals surface area contributed by atoms with Crippen LogP contribution in [0.2, 0.25) is 0 Å². The number of allylic oxidation sites excluding steroid dienone is 2. The van der Waals surface area contributed by atoms with Crippen molar-refractivity contribution in [3.63, 3.8) is 0 Å². The second-order valence-corrected chi connectivity index (χ2v) is 2.93. The zero-order chi connectivity index (χ0) is 9.28. The first-order valence-electron chi connectivity index (χ1n) is 3.10. The van der Waals surface area contributed by atoms with Gasteiger partial charge in [0.15, 0.2) is 0 Å². The van der Waals surface area contributed by atoms with Crippen LogP contribution in [0.1, 0.15) is 13.8 Å². The fraction of sp³-hybridized carbons (Fsp3) is 0.500. The second kappa shape index (κ2) is 10.3. The molecule has 0 unspecified atom stereocenters. The van der Waals surface area contributed by atoms with E-state index in [4.69, 9.17) is 34.8 Å². The van der Waals surface area contributed by atoms with Crippen molar-refractivity contribution in [2.24, 2.45) is 0 Å². The van der Waals surface area contributed by atoms with Crippen molar-refractivity contribution < 1.29 is 0 Å². The minimum absolute atomic E-state index is 0.531. The molecule has 0 atom stereocenters. The highest BCUT2D eigenvalue weighted by molar-refractivity contribution is 6.27. The SMILES string of the molecule is C/C(=C/Cl)CCl.C=C(C)CCl. The van der Waals surface area contributed by atoms with E-state index in [1.165, 1.54) is 5.54 Å². The minimum Gasteiger partial charge on any atom is -0.122 e. The maximum Gasteiger partial charge on any atom is 0.0442 e. The van der Waals surface area contributed by atoms with Gasteiger partial charge in [-0.1, -0.05) is 23.8 Å². The van der Waals surface area contributed by atoms with Gasteiger partial charge in [-0.15, -0.1) is 23.2 Å². The van der Waals surface area contributed by atoms with Gasteiger partial charge in [0.05, 0.1) is 0 Å². The van der Waals surface area contributed by atoms with E-state index in [2.05, 4.69) is 6.58 Å². The van der Waals surface area contributed by atoms with Crippen molar-refractivity contribution in [1.82, 2.24) is 0 Å². The Morgan fingerprint density at radius 3 is 1.64 bits per heavy atom. The molecule has 0 nitrogen and oxygen atoms in total. The van der Waals surface area contributed by atoms with Gasteiger partial charge >= 0.3 is 0 Å². The fourth-order valence-corrected chi connectivity index (χ4v) is 0.262. The van der Waals surface area contributed by atoms with Crippen LogP contribution in [0.3, 0.4) is 0 Å². The lowest BCUT2D eigenvalue weighted by molar-refractivity contribution is 1.42. The Hall–Kier alpha value is 0.350. The molecule has 0 N–H and O–H groups in total. The molecule has 66 valence electrons. The van der Waals surface area contributed by atoms with Crippen LogP contribution in [0, 0.1) is 0 Å². The molecule has 0 aliphatic heterocycles. The molecule has 0 fully saturated rings. The molecule has 0 saturated carbocycles. The van der Waals surface area contributed by atoms with Crippen LogP contribution in [-0.4, -0.2) is 11.8 Å². The molecule has 0 aliphatic rings. The highest BCUT2D eigenvalue weighted by Gasteiger charge is 1.76. The second-order valence-electron chi connectivity index (χ2n) is 2.18. The van der Waals surface area contributed by atoms with E-state index in [0.717, 1.165) is 11.1 Å². The number of halogens is 3. The third kappa shape index (κ3) is 17.9. The summed E-state index contributed by atoms with van der Waals surface area (Å²) in [4.78, 5) is 0.